The van der Waals surface area contributed by atoms with Crippen molar-refractivity contribution < 1.29 is 4.74 Å². The van der Waals surface area contributed by atoms with Gasteiger partial charge in [-0.1, -0.05) is 13.8 Å². The lowest BCUT2D eigenvalue weighted by atomic mass is 9.73. The van der Waals surface area contributed by atoms with E-state index in [9.17, 15) is 0 Å². The minimum atomic E-state index is -0.0263. The van der Waals surface area contributed by atoms with Crippen LogP contribution in [0.5, 0.6) is 0 Å². The van der Waals surface area contributed by atoms with Gasteiger partial charge in [0, 0.05) is 19.9 Å². The second-order valence-electron chi connectivity index (χ2n) is 5.09. The van der Waals surface area contributed by atoms with Gasteiger partial charge in [-0.15, -0.1) is 0 Å². The first-order valence-electron chi connectivity index (χ1n) is 7.07. The second kappa shape index (κ2) is 5.85. The molecule has 1 N–H and O–H groups in total. The SMILES string of the molecule is CCCn1nccc1C(NCC)C1(OC)CCC1. The predicted octanol–water partition coefficient (Wildman–Crippen LogP) is 2.51. The molecular formula is C14H25N3O. The third kappa shape index (κ3) is 2.31. The van der Waals surface area contributed by atoms with Crippen LogP contribution in [0, 0.1) is 0 Å². The van der Waals surface area contributed by atoms with E-state index < -0.39 is 0 Å². The van der Waals surface area contributed by atoms with E-state index in [0.29, 0.717) is 0 Å². The third-order valence-corrected chi connectivity index (χ3v) is 4.02. The molecule has 0 aliphatic heterocycles. The first-order chi connectivity index (χ1) is 8.77. The van der Waals surface area contributed by atoms with E-state index in [-0.39, 0.29) is 11.6 Å². The summed E-state index contributed by atoms with van der Waals surface area (Å²) < 4.78 is 7.96. The number of aryl methyl sites for hydroxylation is 1. The highest BCUT2D eigenvalue weighted by Crippen LogP contribution is 2.44. The Morgan fingerprint density at radius 2 is 2.28 bits per heavy atom. The molecule has 1 heterocycles. The Morgan fingerprint density at radius 1 is 1.50 bits per heavy atom. The van der Waals surface area contributed by atoms with Crippen LogP contribution < -0.4 is 5.32 Å². The van der Waals surface area contributed by atoms with E-state index in [1.54, 1.807) is 0 Å². The number of methoxy groups -OCH3 is 1. The van der Waals surface area contributed by atoms with Crippen molar-refractivity contribution in [2.45, 2.75) is 57.7 Å². The molecule has 1 aromatic rings. The van der Waals surface area contributed by atoms with Crippen molar-refractivity contribution in [1.82, 2.24) is 15.1 Å². The first kappa shape index (κ1) is 13.6. The van der Waals surface area contributed by atoms with Gasteiger partial charge in [0.1, 0.15) is 0 Å². The molecular weight excluding hydrogens is 226 g/mol. The Labute approximate surface area is 110 Å². The van der Waals surface area contributed by atoms with Crippen LogP contribution in [0.15, 0.2) is 12.3 Å². The van der Waals surface area contributed by atoms with Crippen molar-refractivity contribution in [2.24, 2.45) is 0 Å². The number of rotatable bonds is 7. The molecule has 2 rings (SSSR count). The zero-order valence-corrected chi connectivity index (χ0v) is 11.8. The van der Waals surface area contributed by atoms with E-state index in [0.717, 1.165) is 32.4 Å². The Kier molecular flexibility index (Phi) is 4.40. The minimum absolute atomic E-state index is 0.0263. The fourth-order valence-corrected chi connectivity index (χ4v) is 2.89. The van der Waals surface area contributed by atoms with Gasteiger partial charge in [0.25, 0.3) is 0 Å². The Hall–Kier alpha value is -0.870. The summed E-state index contributed by atoms with van der Waals surface area (Å²) in [5.41, 5.74) is 1.24. The summed E-state index contributed by atoms with van der Waals surface area (Å²) in [6.07, 6.45) is 6.54. The number of likely N-dealkylation sites (N-methyl/N-ethyl adjacent to an activating group) is 1. The summed E-state index contributed by atoms with van der Waals surface area (Å²) in [5, 5.41) is 8.03. The van der Waals surface area contributed by atoms with Crippen LogP contribution in [0.4, 0.5) is 0 Å². The number of nitrogens with zero attached hydrogens (tertiary/aromatic N) is 2. The van der Waals surface area contributed by atoms with E-state index in [1.165, 1.54) is 12.1 Å². The molecule has 102 valence electrons. The van der Waals surface area contributed by atoms with Crippen molar-refractivity contribution in [3.63, 3.8) is 0 Å². The fourth-order valence-electron chi connectivity index (χ4n) is 2.89. The molecule has 1 aliphatic carbocycles. The zero-order valence-electron chi connectivity index (χ0n) is 11.8. The van der Waals surface area contributed by atoms with E-state index in [4.69, 9.17) is 4.74 Å². The standard InChI is InChI=1S/C14H25N3O/c1-4-11-17-12(7-10-16-17)13(15-5-2)14(18-3)8-6-9-14/h7,10,13,15H,4-6,8-9,11H2,1-3H3. The average Bonchev–Trinajstić information content (AvgIpc) is 2.76. The first-order valence-corrected chi connectivity index (χ1v) is 7.07. The Morgan fingerprint density at radius 3 is 2.78 bits per heavy atom. The van der Waals surface area contributed by atoms with Crippen molar-refractivity contribution in [2.75, 3.05) is 13.7 Å². The number of hydrogen-bond donors (Lipinski definition) is 1. The zero-order chi connectivity index (χ0) is 13.0. The van der Waals surface area contributed by atoms with Crippen molar-refractivity contribution in [3.8, 4) is 0 Å². The maximum Gasteiger partial charge on any atom is 0.0887 e. The van der Waals surface area contributed by atoms with E-state index in [1.807, 2.05) is 13.3 Å². The van der Waals surface area contributed by atoms with Crippen LogP contribution in [-0.4, -0.2) is 29.0 Å². The summed E-state index contributed by atoms with van der Waals surface area (Å²) >= 11 is 0. The molecule has 0 spiro atoms. The lowest BCUT2D eigenvalue weighted by Gasteiger charge is -2.46. The quantitative estimate of drug-likeness (QED) is 0.809. The van der Waals surface area contributed by atoms with Gasteiger partial charge in [0.05, 0.1) is 17.3 Å². The Bertz CT molecular complexity index is 365. The molecule has 4 heteroatoms. The summed E-state index contributed by atoms with van der Waals surface area (Å²) in [5.74, 6) is 0. The van der Waals surface area contributed by atoms with E-state index in [2.05, 4.69) is 35.0 Å². The second-order valence-corrected chi connectivity index (χ2v) is 5.09. The van der Waals surface area contributed by atoms with Gasteiger partial charge in [-0.05, 0) is 38.3 Å². The largest absolute Gasteiger partial charge is 0.376 e. The average molecular weight is 251 g/mol. The van der Waals surface area contributed by atoms with Gasteiger partial charge in [-0.3, -0.25) is 4.68 Å². The van der Waals surface area contributed by atoms with Crippen LogP contribution >= 0.6 is 0 Å². The van der Waals surface area contributed by atoms with Gasteiger partial charge in [0.2, 0.25) is 0 Å². The number of nitrogens with one attached hydrogen (secondary N) is 1. The topological polar surface area (TPSA) is 39.1 Å². The van der Waals surface area contributed by atoms with Crippen molar-refractivity contribution in [1.29, 1.82) is 0 Å². The molecule has 0 aromatic carbocycles. The van der Waals surface area contributed by atoms with Gasteiger partial charge in [-0.2, -0.15) is 5.10 Å². The Balaban J connectivity index is 2.26. The van der Waals surface area contributed by atoms with Crippen LogP contribution in [0.25, 0.3) is 0 Å². The van der Waals surface area contributed by atoms with Crippen LogP contribution in [0.3, 0.4) is 0 Å². The van der Waals surface area contributed by atoms with Crippen molar-refractivity contribution in [3.05, 3.63) is 18.0 Å². The molecule has 0 amide bonds. The fraction of sp³-hybridized carbons (Fsp3) is 0.786. The van der Waals surface area contributed by atoms with Gasteiger partial charge in [-0.25, -0.2) is 0 Å². The minimum Gasteiger partial charge on any atom is -0.376 e. The van der Waals surface area contributed by atoms with Crippen LogP contribution in [0.1, 0.15) is 51.3 Å². The number of aromatic nitrogens is 2. The molecule has 1 fully saturated rings. The third-order valence-electron chi connectivity index (χ3n) is 4.02. The van der Waals surface area contributed by atoms with Gasteiger partial charge >= 0.3 is 0 Å². The normalized spacial score (nSPS) is 19.5. The summed E-state index contributed by atoms with van der Waals surface area (Å²) in [6, 6.07) is 2.39. The highest BCUT2D eigenvalue weighted by Gasteiger charge is 2.46. The summed E-state index contributed by atoms with van der Waals surface area (Å²) in [7, 11) is 1.84. The molecule has 1 aromatic heterocycles. The van der Waals surface area contributed by atoms with Crippen LogP contribution in [-0.2, 0) is 11.3 Å². The molecule has 0 saturated heterocycles. The highest BCUT2D eigenvalue weighted by molar-refractivity contribution is 5.16. The summed E-state index contributed by atoms with van der Waals surface area (Å²) in [4.78, 5) is 0. The molecule has 1 aliphatic rings. The molecule has 0 bridgehead atoms. The lowest BCUT2D eigenvalue weighted by molar-refractivity contribution is -0.101. The van der Waals surface area contributed by atoms with Crippen LogP contribution in [0.2, 0.25) is 0 Å². The highest BCUT2D eigenvalue weighted by atomic mass is 16.5. The van der Waals surface area contributed by atoms with Gasteiger partial charge < -0.3 is 10.1 Å². The smallest absolute Gasteiger partial charge is 0.0887 e. The maximum absolute atomic E-state index is 5.84. The number of hydrogen-bond acceptors (Lipinski definition) is 3. The summed E-state index contributed by atoms with van der Waals surface area (Å²) in [6.45, 7) is 6.26. The van der Waals surface area contributed by atoms with E-state index >= 15 is 0 Å². The van der Waals surface area contributed by atoms with Crippen molar-refractivity contribution >= 4 is 0 Å². The maximum atomic E-state index is 5.84. The predicted molar refractivity (Wildman–Crippen MR) is 72.5 cm³/mol. The molecule has 1 unspecified atom stereocenters. The van der Waals surface area contributed by atoms with Gasteiger partial charge in [0.15, 0.2) is 0 Å². The lowest BCUT2D eigenvalue weighted by Crippen LogP contribution is -2.51. The molecule has 1 saturated carbocycles. The molecule has 4 nitrogen and oxygen atoms in total. The molecule has 0 radical (unpaired) electrons. The molecule has 1 atom stereocenters. The number of ether oxygens (including phenoxy) is 1. The molecule has 18 heavy (non-hydrogen) atoms. The monoisotopic (exact) mass is 251 g/mol.